The second-order valence-corrected chi connectivity index (χ2v) is 6.18. The van der Waals surface area contributed by atoms with Crippen molar-refractivity contribution in [2.24, 2.45) is 0 Å². The minimum Gasteiger partial charge on any atom is -0.346 e. The number of halogens is 3. The highest BCUT2D eigenvalue weighted by Gasteiger charge is 2.37. The Hall–Kier alpha value is -2.91. The lowest BCUT2D eigenvalue weighted by Crippen LogP contribution is -2.44. The number of amides is 1. The van der Waals surface area contributed by atoms with E-state index in [0.29, 0.717) is 23.5 Å². The largest absolute Gasteiger partial charge is 0.406 e. The zero-order chi connectivity index (χ0) is 18.3. The van der Waals surface area contributed by atoms with Gasteiger partial charge < -0.3 is 14.4 Å². The topological polar surface area (TPSA) is 87.9 Å². The number of carbonyl (C=O) groups excluding carboxylic acids is 1. The van der Waals surface area contributed by atoms with Crippen molar-refractivity contribution < 1.29 is 22.5 Å². The minimum atomic E-state index is -4.44. The molecule has 3 aromatic heterocycles. The van der Waals surface area contributed by atoms with Crippen molar-refractivity contribution in [3.8, 4) is 11.4 Å². The van der Waals surface area contributed by atoms with Gasteiger partial charge in [-0.2, -0.15) is 18.2 Å². The van der Waals surface area contributed by atoms with Crippen molar-refractivity contribution in [3.63, 3.8) is 0 Å². The number of alkyl halides is 3. The first kappa shape index (κ1) is 16.6. The molecule has 1 amide bonds. The Morgan fingerprint density at radius 2 is 2.19 bits per heavy atom. The van der Waals surface area contributed by atoms with Crippen molar-refractivity contribution in [1.29, 1.82) is 0 Å². The van der Waals surface area contributed by atoms with Gasteiger partial charge >= 0.3 is 6.18 Å². The van der Waals surface area contributed by atoms with Gasteiger partial charge in [-0.05, 0) is 18.6 Å². The van der Waals surface area contributed by atoms with Gasteiger partial charge in [-0.25, -0.2) is 4.98 Å². The van der Waals surface area contributed by atoms with Crippen molar-refractivity contribution in [3.05, 3.63) is 30.4 Å². The highest BCUT2D eigenvalue weighted by Crippen LogP contribution is 2.31. The second-order valence-electron chi connectivity index (χ2n) is 6.18. The maximum absolute atomic E-state index is 12.6. The standard InChI is InChI=1S/C16H14F3N5O2/c17-16(18,19)8-24-7-9(1-2-12(24)25)15-22-14(23-26-15)11-4-6-21-13-10(11)3-5-20-13/h3-6,9H,1-2,7-8H2,(H,20,21). The molecule has 1 aliphatic heterocycles. The molecule has 1 unspecified atom stereocenters. The van der Waals surface area contributed by atoms with Crippen molar-refractivity contribution >= 4 is 16.9 Å². The van der Waals surface area contributed by atoms with E-state index >= 15 is 0 Å². The van der Waals surface area contributed by atoms with Crippen LogP contribution < -0.4 is 0 Å². The molecular formula is C16H14F3N5O2. The number of hydrogen-bond acceptors (Lipinski definition) is 5. The molecule has 1 saturated heterocycles. The Bertz CT molecular complexity index is 949. The molecule has 1 N–H and O–H groups in total. The van der Waals surface area contributed by atoms with E-state index in [4.69, 9.17) is 4.52 Å². The van der Waals surface area contributed by atoms with Crippen LogP contribution in [0.3, 0.4) is 0 Å². The van der Waals surface area contributed by atoms with Crippen LogP contribution in [0.25, 0.3) is 22.4 Å². The molecule has 0 aliphatic carbocycles. The molecule has 1 aliphatic rings. The summed E-state index contributed by atoms with van der Waals surface area (Å²) in [4.78, 5) is 24.1. The van der Waals surface area contributed by atoms with Gasteiger partial charge in [0, 0.05) is 36.3 Å². The highest BCUT2D eigenvalue weighted by atomic mass is 19.4. The van der Waals surface area contributed by atoms with Crippen LogP contribution in [0, 0.1) is 0 Å². The van der Waals surface area contributed by atoms with Gasteiger partial charge in [0.15, 0.2) is 0 Å². The van der Waals surface area contributed by atoms with Gasteiger partial charge in [0.25, 0.3) is 0 Å². The summed E-state index contributed by atoms with van der Waals surface area (Å²) in [5.74, 6) is -0.354. The van der Waals surface area contributed by atoms with E-state index in [2.05, 4.69) is 20.1 Å². The summed E-state index contributed by atoms with van der Waals surface area (Å²) in [7, 11) is 0. The number of nitrogens with zero attached hydrogens (tertiary/aromatic N) is 4. The Morgan fingerprint density at radius 3 is 3.00 bits per heavy atom. The monoisotopic (exact) mass is 365 g/mol. The second kappa shape index (κ2) is 6.11. The third-order valence-corrected chi connectivity index (χ3v) is 4.36. The van der Waals surface area contributed by atoms with Crippen LogP contribution in [0.1, 0.15) is 24.7 Å². The Kier molecular flexibility index (Phi) is 3.89. The lowest BCUT2D eigenvalue weighted by atomic mass is 9.97. The number of hydrogen-bond donors (Lipinski definition) is 1. The smallest absolute Gasteiger partial charge is 0.346 e. The van der Waals surface area contributed by atoms with E-state index in [-0.39, 0.29) is 18.9 Å². The SMILES string of the molecule is O=C1CCC(c2nc(-c3ccnc4[nH]ccc34)no2)CN1CC(F)(F)F. The normalized spacial score (nSPS) is 18.7. The van der Waals surface area contributed by atoms with E-state index in [9.17, 15) is 18.0 Å². The zero-order valence-corrected chi connectivity index (χ0v) is 13.5. The minimum absolute atomic E-state index is 0.0236. The zero-order valence-electron chi connectivity index (χ0n) is 13.5. The summed E-state index contributed by atoms with van der Waals surface area (Å²) >= 11 is 0. The number of aromatic nitrogens is 4. The number of pyridine rings is 1. The van der Waals surface area contributed by atoms with Crippen LogP contribution in [0.2, 0.25) is 0 Å². The molecular weight excluding hydrogens is 351 g/mol. The van der Waals surface area contributed by atoms with Crippen LogP contribution in [-0.4, -0.2) is 50.2 Å². The van der Waals surface area contributed by atoms with Crippen LogP contribution in [0.5, 0.6) is 0 Å². The molecule has 7 nitrogen and oxygen atoms in total. The summed E-state index contributed by atoms with van der Waals surface area (Å²) in [6, 6.07) is 3.57. The van der Waals surface area contributed by atoms with E-state index in [1.54, 1.807) is 18.5 Å². The molecule has 0 radical (unpaired) electrons. The fraction of sp³-hybridized carbons (Fsp3) is 0.375. The molecule has 136 valence electrons. The summed E-state index contributed by atoms with van der Waals surface area (Å²) in [5.41, 5.74) is 1.39. The molecule has 0 saturated carbocycles. The van der Waals surface area contributed by atoms with Gasteiger partial charge in [0.1, 0.15) is 12.2 Å². The first-order chi connectivity index (χ1) is 12.4. The summed E-state index contributed by atoms with van der Waals surface area (Å²) in [5, 5.41) is 4.77. The van der Waals surface area contributed by atoms with Gasteiger partial charge in [0.05, 0.1) is 5.92 Å². The van der Waals surface area contributed by atoms with Crippen molar-refractivity contribution in [2.75, 3.05) is 13.1 Å². The Labute approximate surface area is 145 Å². The number of aromatic amines is 1. The molecule has 1 fully saturated rings. The van der Waals surface area contributed by atoms with Gasteiger partial charge in [-0.1, -0.05) is 5.16 Å². The number of fused-ring (bicyclic) bond motifs is 1. The molecule has 4 rings (SSSR count). The number of H-pyrrole nitrogens is 1. The third kappa shape index (κ3) is 3.14. The summed E-state index contributed by atoms with van der Waals surface area (Å²) in [6.45, 7) is -1.35. The predicted molar refractivity (Wildman–Crippen MR) is 84.0 cm³/mol. The van der Waals surface area contributed by atoms with E-state index in [0.717, 1.165) is 10.3 Å². The molecule has 0 spiro atoms. The molecule has 1 atom stereocenters. The van der Waals surface area contributed by atoms with E-state index < -0.39 is 24.5 Å². The number of carbonyl (C=O) groups is 1. The first-order valence-electron chi connectivity index (χ1n) is 8.01. The first-order valence-corrected chi connectivity index (χ1v) is 8.01. The van der Waals surface area contributed by atoms with Crippen LogP contribution in [0.15, 0.2) is 29.0 Å². The predicted octanol–water partition coefficient (Wildman–Crippen LogP) is 2.88. The van der Waals surface area contributed by atoms with E-state index in [1.165, 1.54) is 0 Å². The molecule has 3 aromatic rings. The van der Waals surface area contributed by atoms with Crippen molar-refractivity contribution in [1.82, 2.24) is 25.0 Å². The van der Waals surface area contributed by atoms with Gasteiger partial charge in [-0.15, -0.1) is 0 Å². The Balaban J connectivity index is 1.58. The van der Waals surface area contributed by atoms with Crippen LogP contribution >= 0.6 is 0 Å². The summed E-state index contributed by atoms with van der Waals surface area (Å²) < 4.78 is 43.2. The lowest BCUT2D eigenvalue weighted by Gasteiger charge is -2.31. The fourth-order valence-corrected chi connectivity index (χ4v) is 3.15. The summed E-state index contributed by atoms with van der Waals surface area (Å²) in [6.07, 6.45) is -0.687. The van der Waals surface area contributed by atoms with Gasteiger partial charge in [0.2, 0.25) is 17.6 Å². The van der Waals surface area contributed by atoms with Crippen LogP contribution in [-0.2, 0) is 4.79 Å². The number of likely N-dealkylation sites (tertiary alicyclic amines) is 1. The molecule has 0 aromatic carbocycles. The quantitative estimate of drug-likeness (QED) is 0.771. The van der Waals surface area contributed by atoms with Crippen LogP contribution in [0.4, 0.5) is 13.2 Å². The highest BCUT2D eigenvalue weighted by molar-refractivity contribution is 5.90. The fourth-order valence-electron chi connectivity index (χ4n) is 3.15. The molecule has 10 heteroatoms. The Morgan fingerprint density at radius 1 is 1.35 bits per heavy atom. The number of rotatable bonds is 3. The maximum atomic E-state index is 12.6. The lowest BCUT2D eigenvalue weighted by molar-refractivity contribution is -0.164. The number of piperidine rings is 1. The average molecular weight is 365 g/mol. The molecule has 0 bridgehead atoms. The van der Waals surface area contributed by atoms with E-state index in [1.807, 2.05) is 6.07 Å². The van der Waals surface area contributed by atoms with Gasteiger partial charge in [-0.3, -0.25) is 4.79 Å². The average Bonchev–Trinajstić information content (AvgIpc) is 3.24. The third-order valence-electron chi connectivity index (χ3n) is 4.36. The maximum Gasteiger partial charge on any atom is 0.406 e. The number of nitrogens with one attached hydrogen (secondary N) is 1. The molecule has 4 heterocycles. The van der Waals surface area contributed by atoms with Crippen molar-refractivity contribution in [2.45, 2.75) is 24.9 Å². The molecule has 26 heavy (non-hydrogen) atoms.